The fraction of sp³-hybridized carbons (Fsp3) is 0.538. The number of aliphatic hydroxyl groups is 1. The predicted molar refractivity (Wildman–Crippen MR) is 58.4 cm³/mol. The molecule has 0 saturated heterocycles. The number of benzene rings is 1. The Kier molecular flexibility index (Phi) is 3.06. The maximum absolute atomic E-state index is 13.4. The topological polar surface area (TPSA) is 20.2 Å². The van der Waals surface area contributed by atoms with E-state index in [1.165, 1.54) is 0 Å². The molecule has 1 aromatic carbocycles. The fourth-order valence-corrected chi connectivity index (χ4v) is 2.34. The normalized spacial score (nSPS) is 26.6. The van der Waals surface area contributed by atoms with Crippen LogP contribution < -0.4 is 0 Å². The number of halogens is 1. The van der Waals surface area contributed by atoms with Crippen molar-refractivity contribution >= 4 is 0 Å². The summed E-state index contributed by atoms with van der Waals surface area (Å²) in [5, 5.41) is 9.86. The highest BCUT2D eigenvalue weighted by Gasteiger charge is 2.24. The standard InChI is InChI=1S/C13H17FO/c1-9-6-7-10(8-12(9)14)11-4-2-3-5-13(11)15/h6-8,11,13,15H,2-5H2,1H3/t11-,13-/m1/s1. The Morgan fingerprint density at radius 3 is 2.67 bits per heavy atom. The Morgan fingerprint density at radius 2 is 2.00 bits per heavy atom. The van der Waals surface area contributed by atoms with Gasteiger partial charge in [-0.2, -0.15) is 0 Å². The van der Waals surface area contributed by atoms with Gasteiger partial charge < -0.3 is 5.11 Å². The van der Waals surface area contributed by atoms with E-state index in [9.17, 15) is 9.50 Å². The molecule has 0 aliphatic heterocycles. The SMILES string of the molecule is Cc1ccc([C@H]2CCCC[C@H]2O)cc1F. The molecule has 0 heterocycles. The van der Waals surface area contributed by atoms with Crippen molar-refractivity contribution in [2.45, 2.75) is 44.6 Å². The van der Waals surface area contributed by atoms with Gasteiger partial charge in [0.05, 0.1) is 6.10 Å². The van der Waals surface area contributed by atoms with Crippen LogP contribution in [0.1, 0.15) is 42.7 Å². The molecule has 0 amide bonds. The van der Waals surface area contributed by atoms with E-state index in [4.69, 9.17) is 0 Å². The van der Waals surface area contributed by atoms with Crippen LogP contribution in [0.15, 0.2) is 18.2 Å². The zero-order valence-corrected chi connectivity index (χ0v) is 9.04. The molecular weight excluding hydrogens is 191 g/mol. The minimum atomic E-state index is -0.291. The maximum atomic E-state index is 13.4. The third-order valence-electron chi connectivity index (χ3n) is 3.35. The monoisotopic (exact) mass is 208 g/mol. The molecular formula is C13H17FO. The van der Waals surface area contributed by atoms with Gasteiger partial charge in [-0.1, -0.05) is 25.0 Å². The summed E-state index contributed by atoms with van der Waals surface area (Å²) in [6, 6.07) is 5.32. The van der Waals surface area contributed by atoms with Crippen LogP contribution in [0, 0.1) is 12.7 Å². The molecule has 1 nitrogen and oxygen atoms in total. The third-order valence-corrected chi connectivity index (χ3v) is 3.35. The second-order valence-electron chi connectivity index (χ2n) is 4.47. The van der Waals surface area contributed by atoms with Gasteiger partial charge in [-0.25, -0.2) is 4.39 Å². The number of aryl methyl sites for hydroxylation is 1. The lowest BCUT2D eigenvalue weighted by Gasteiger charge is -2.28. The number of hydrogen-bond acceptors (Lipinski definition) is 1. The highest BCUT2D eigenvalue weighted by atomic mass is 19.1. The Labute approximate surface area is 89.9 Å². The van der Waals surface area contributed by atoms with E-state index in [1.807, 2.05) is 6.07 Å². The van der Waals surface area contributed by atoms with E-state index in [1.54, 1.807) is 19.1 Å². The summed E-state index contributed by atoms with van der Waals surface area (Å²) in [7, 11) is 0. The van der Waals surface area contributed by atoms with Crippen LogP contribution >= 0.6 is 0 Å². The molecule has 0 spiro atoms. The Morgan fingerprint density at radius 1 is 1.27 bits per heavy atom. The summed E-state index contributed by atoms with van der Waals surface area (Å²) < 4.78 is 13.4. The molecule has 1 saturated carbocycles. The Bertz CT molecular complexity index is 348. The largest absolute Gasteiger partial charge is 0.392 e. The first kappa shape index (κ1) is 10.6. The van der Waals surface area contributed by atoms with Gasteiger partial charge in [0.1, 0.15) is 5.82 Å². The first-order valence-electron chi connectivity index (χ1n) is 5.62. The van der Waals surface area contributed by atoms with Gasteiger partial charge in [0.2, 0.25) is 0 Å². The highest BCUT2D eigenvalue weighted by Crippen LogP contribution is 2.33. The molecule has 2 atom stereocenters. The number of aliphatic hydroxyl groups excluding tert-OH is 1. The molecule has 1 aliphatic carbocycles. The van der Waals surface area contributed by atoms with Gasteiger partial charge >= 0.3 is 0 Å². The maximum Gasteiger partial charge on any atom is 0.126 e. The van der Waals surface area contributed by atoms with E-state index in [-0.39, 0.29) is 17.8 Å². The van der Waals surface area contributed by atoms with Crippen LogP contribution in [0.2, 0.25) is 0 Å². The van der Waals surface area contributed by atoms with Gasteiger partial charge in [-0.05, 0) is 37.0 Å². The van der Waals surface area contributed by atoms with Crippen molar-refractivity contribution in [1.29, 1.82) is 0 Å². The summed E-state index contributed by atoms with van der Waals surface area (Å²) in [6.45, 7) is 1.76. The second-order valence-corrected chi connectivity index (χ2v) is 4.47. The summed E-state index contributed by atoms with van der Waals surface area (Å²) in [4.78, 5) is 0. The minimum Gasteiger partial charge on any atom is -0.392 e. The molecule has 2 heteroatoms. The van der Waals surface area contributed by atoms with Crippen molar-refractivity contribution in [3.63, 3.8) is 0 Å². The van der Waals surface area contributed by atoms with Gasteiger partial charge in [0.15, 0.2) is 0 Å². The highest BCUT2D eigenvalue weighted by molar-refractivity contribution is 5.27. The van der Waals surface area contributed by atoms with E-state index >= 15 is 0 Å². The molecule has 1 aliphatic rings. The molecule has 1 aromatic rings. The molecule has 15 heavy (non-hydrogen) atoms. The summed E-state index contributed by atoms with van der Waals surface area (Å²) in [5.41, 5.74) is 1.62. The summed E-state index contributed by atoms with van der Waals surface area (Å²) >= 11 is 0. The van der Waals surface area contributed by atoms with E-state index in [0.29, 0.717) is 5.56 Å². The Balaban J connectivity index is 2.24. The predicted octanol–water partition coefficient (Wildman–Crippen LogP) is 3.15. The van der Waals surface area contributed by atoms with Gasteiger partial charge in [-0.15, -0.1) is 0 Å². The van der Waals surface area contributed by atoms with Crippen LogP contribution in [-0.4, -0.2) is 11.2 Å². The average Bonchev–Trinajstić information content (AvgIpc) is 2.23. The van der Waals surface area contributed by atoms with Crippen LogP contribution in [0.5, 0.6) is 0 Å². The molecule has 0 radical (unpaired) electrons. The molecule has 82 valence electrons. The van der Waals surface area contributed by atoms with Gasteiger partial charge in [0.25, 0.3) is 0 Å². The average molecular weight is 208 g/mol. The van der Waals surface area contributed by atoms with Crippen LogP contribution in [0.3, 0.4) is 0 Å². The minimum absolute atomic E-state index is 0.133. The lowest BCUT2D eigenvalue weighted by atomic mass is 9.81. The van der Waals surface area contributed by atoms with Crippen molar-refractivity contribution in [3.8, 4) is 0 Å². The molecule has 0 unspecified atom stereocenters. The smallest absolute Gasteiger partial charge is 0.126 e. The zero-order valence-electron chi connectivity index (χ0n) is 9.04. The number of rotatable bonds is 1. The molecule has 0 aromatic heterocycles. The lowest BCUT2D eigenvalue weighted by molar-refractivity contribution is 0.106. The van der Waals surface area contributed by atoms with E-state index in [0.717, 1.165) is 31.2 Å². The zero-order chi connectivity index (χ0) is 10.8. The van der Waals surface area contributed by atoms with Crippen molar-refractivity contribution in [3.05, 3.63) is 35.1 Å². The quantitative estimate of drug-likeness (QED) is 0.751. The molecule has 1 fully saturated rings. The fourth-order valence-electron chi connectivity index (χ4n) is 2.34. The van der Waals surface area contributed by atoms with Crippen molar-refractivity contribution in [2.75, 3.05) is 0 Å². The number of hydrogen-bond donors (Lipinski definition) is 1. The Hall–Kier alpha value is -0.890. The summed E-state index contributed by atoms with van der Waals surface area (Å²) in [5.74, 6) is -0.0286. The summed E-state index contributed by atoms with van der Waals surface area (Å²) in [6.07, 6.45) is 3.76. The first-order chi connectivity index (χ1) is 7.18. The molecule has 0 bridgehead atoms. The van der Waals surface area contributed by atoms with Crippen molar-refractivity contribution in [2.24, 2.45) is 0 Å². The van der Waals surface area contributed by atoms with E-state index in [2.05, 4.69) is 0 Å². The molecule has 1 N–H and O–H groups in total. The third kappa shape index (κ3) is 2.20. The van der Waals surface area contributed by atoms with Crippen LogP contribution in [0.25, 0.3) is 0 Å². The van der Waals surface area contributed by atoms with Crippen molar-refractivity contribution in [1.82, 2.24) is 0 Å². The van der Waals surface area contributed by atoms with Crippen LogP contribution in [0.4, 0.5) is 4.39 Å². The van der Waals surface area contributed by atoms with Crippen molar-refractivity contribution < 1.29 is 9.50 Å². The second kappa shape index (κ2) is 4.31. The molecule has 2 rings (SSSR count). The van der Waals surface area contributed by atoms with Gasteiger partial charge in [-0.3, -0.25) is 0 Å². The lowest BCUT2D eigenvalue weighted by Crippen LogP contribution is -2.22. The van der Waals surface area contributed by atoms with Crippen LogP contribution in [-0.2, 0) is 0 Å². The van der Waals surface area contributed by atoms with Gasteiger partial charge in [0, 0.05) is 5.92 Å². The van der Waals surface area contributed by atoms with E-state index < -0.39 is 0 Å². The first-order valence-corrected chi connectivity index (χ1v) is 5.62.